The first-order valence-corrected chi connectivity index (χ1v) is 17.3. The fourth-order valence-corrected chi connectivity index (χ4v) is 9.37. The van der Waals surface area contributed by atoms with Crippen molar-refractivity contribution in [3.8, 4) is 0 Å². The van der Waals surface area contributed by atoms with Crippen molar-refractivity contribution in [3.05, 3.63) is 72.6 Å². The highest BCUT2D eigenvalue weighted by atomic mass is 32.2. The summed E-state index contributed by atoms with van der Waals surface area (Å²) < 4.78 is 8.17. The Hall–Kier alpha value is -2.97. The molecule has 7 nitrogen and oxygen atoms in total. The Bertz CT molecular complexity index is 1440. The number of ketones is 1. The van der Waals surface area contributed by atoms with Crippen molar-refractivity contribution < 1.29 is 28.8 Å². The van der Waals surface area contributed by atoms with E-state index in [0.717, 1.165) is 35.3 Å². The normalized spacial score (nSPS) is 34.3. The molecule has 45 heavy (non-hydrogen) atoms. The average Bonchev–Trinajstić information content (AvgIpc) is 3.38. The van der Waals surface area contributed by atoms with Gasteiger partial charge in [0.25, 0.3) is 5.91 Å². The van der Waals surface area contributed by atoms with Crippen LogP contribution >= 0.6 is 11.8 Å². The molecule has 1 aromatic carbocycles. The average molecular weight is 634 g/mol. The summed E-state index contributed by atoms with van der Waals surface area (Å²) >= 11 is 1.39. The molecule has 2 aromatic rings. The Morgan fingerprint density at radius 1 is 1.16 bits per heavy atom. The van der Waals surface area contributed by atoms with Crippen molar-refractivity contribution in [1.29, 1.82) is 0 Å². The lowest BCUT2D eigenvalue weighted by Crippen LogP contribution is -2.63. The quantitative estimate of drug-likeness (QED) is 0.162. The molecule has 0 radical (unpaired) electrons. The van der Waals surface area contributed by atoms with Gasteiger partial charge in [0, 0.05) is 46.7 Å². The summed E-state index contributed by atoms with van der Waals surface area (Å²) in [6.45, 7) is 15.3. The number of carbonyl (C=O) groups excluding carboxylic acids is 3. The molecule has 3 aliphatic rings. The molecule has 0 saturated heterocycles. The molecule has 2 N–H and O–H groups in total. The second-order valence-electron chi connectivity index (χ2n) is 14.3. The first-order valence-electron chi connectivity index (χ1n) is 16.3. The molecule has 2 bridgehead atoms. The highest BCUT2D eigenvalue weighted by Crippen LogP contribution is 2.68. The van der Waals surface area contributed by atoms with Gasteiger partial charge in [-0.2, -0.15) is 4.57 Å². The second kappa shape index (κ2) is 13.0. The molecule has 3 aliphatic carbocycles. The van der Waals surface area contributed by atoms with Crippen LogP contribution in [-0.4, -0.2) is 40.7 Å². The topological polar surface area (TPSA) is 96.6 Å². The van der Waals surface area contributed by atoms with Crippen molar-refractivity contribution in [3.63, 3.8) is 0 Å². The Labute approximate surface area is 272 Å². The highest BCUT2D eigenvalue weighted by molar-refractivity contribution is 8.00. The van der Waals surface area contributed by atoms with Crippen molar-refractivity contribution in [1.82, 2.24) is 5.32 Å². The molecule has 8 atom stereocenters. The summed E-state index contributed by atoms with van der Waals surface area (Å²) in [5.41, 5.74) is 0.763. The van der Waals surface area contributed by atoms with Gasteiger partial charge in [-0.3, -0.25) is 14.4 Å². The van der Waals surface area contributed by atoms with E-state index in [4.69, 9.17) is 4.74 Å². The van der Waals surface area contributed by atoms with Crippen LogP contribution in [0.4, 0.5) is 0 Å². The minimum absolute atomic E-state index is 0.0593. The van der Waals surface area contributed by atoms with Gasteiger partial charge in [0.2, 0.25) is 6.54 Å². The van der Waals surface area contributed by atoms with E-state index in [1.807, 2.05) is 73.3 Å². The number of pyridine rings is 1. The smallest absolute Gasteiger partial charge is 0.316 e. The lowest BCUT2D eigenvalue weighted by molar-refractivity contribution is -0.684. The number of hydrogen-bond acceptors (Lipinski definition) is 6. The van der Waals surface area contributed by atoms with Gasteiger partial charge < -0.3 is 15.2 Å². The molecule has 0 unspecified atom stereocenters. The number of benzene rings is 1. The van der Waals surface area contributed by atoms with Crippen LogP contribution in [0.1, 0.15) is 70.9 Å². The maximum Gasteiger partial charge on any atom is 0.316 e. The van der Waals surface area contributed by atoms with Gasteiger partial charge in [0.05, 0.1) is 11.9 Å². The van der Waals surface area contributed by atoms with E-state index in [9.17, 15) is 19.5 Å². The van der Waals surface area contributed by atoms with Crippen LogP contribution in [0.2, 0.25) is 0 Å². The first-order chi connectivity index (χ1) is 21.3. The molecule has 8 heteroatoms. The fourth-order valence-electron chi connectivity index (χ4n) is 8.71. The molecule has 1 aromatic heterocycles. The summed E-state index contributed by atoms with van der Waals surface area (Å²) in [4.78, 5) is 40.5. The third kappa shape index (κ3) is 6.25. The Morgan fingerprint density at radius 3 is 2.56 bits per heavy atom. The van der Waals surface area contributed by atoms with Gasteiger partial charge >= 0.3 is 5.97 Å². The molecule has 1 amide bonds. The second-order valence-corrected chi connectivity index (χ2v) is 15.3. The number of esters is 1. The standard InChI is InChI=1S/C37H48N2O5S/c1-7-35(5)20-30(36(6)25(3)12-16-37(26(4)34(35)43)17-13-29(40)33(36)37)44-32(42)23-45-28-14-18-39(19-15-28)22-31(41)38-21-27-11-9-8-10-24(27)2/h7-11,14-15,18-19,25-26,30,33-34,43H,1,12-13,16-17,20-23H2,2-6H3/p+1/t25-,26+,30-,33+,34+,35-,36+,37+/m1/s1. The SMILES string of the molecule is C=C[C@]1(C)C[C@@H](OC(=O)CSc2cc[n+](CC(=O)NCc3ccccc3C)cc2)[C@]2(C)[C@H](C)CC[C@]3(CCC(=O)[C@H]32)[C@@H](C)[C@@H]1O. The van der Waals surface area contributed by atoms with Gasteiger partial charge in [-0.05, 0) is 61.0 Å². The number of aliphatic hydroxyl groups is 1. The van der Waals surface area contributed by atoms with Crippen molar-refractivity contribution in [2.24, 2.45) is 34.0 Å². The summed E-state index contributed by atoms with van der Waals surface area (Å²) in [6.07, 6.45) is 7.87. The van der Waals surface area contributed by atoms with Gasteiger partial charge in [0.15, 0.2) is 12.4 Å². The predicted octanol–water partition coefficient (Wildman–Crippen LogP) is 5.60. The largest absolute Gasteiger partial charge is 0.461 e. The molecule has 1 heterocycles. The molecule has 0 spiro atoms. The number of ether oxygens (including phenoxy) is 1. The van der Waals surface area contributed by atoms with Crippen molar-refractivity contribution in [2.75, 3.05) is 5.75 Å². The number of rotatable bonds is 9. The number of aliphatic hydroxyl groups excluding tert-OH is 1. The maximum absolute atomic E-state index is 13.6. The summed E-state index contributed by atoms with van der Waals surface area (Å²) in [5, 5.41) is 14.7. The number of thioether (sulfide) groups is 1. The maximum atomic E-state index is 13.6. The zero-order valence-corrected chi connectivity index (χ0v) is 28.2. The number of aromatic nitrogens is 1. The van der Waals surface area contributed by atoms with Crippen molar-refractivity contribution >= 4 is 29.4 Å². The molecule has 5 rings (SSSR count). The molecule has 242 valence electrons. The van der Waals surface area contributed by atoms with Crippen LogP contribution in [0, 0.1) is 40.9 Å². The minimum atomic E-state index is -0.683. The van der Waals surface area contributed by atoms with E-state index in [1.54, 1.807) is 0 Å². The molecule has 3 fully saturated rings. The van der Waals surface area contributed by atoms with E-state index < -0.39 is 23.0 Å². The molecular formula is C37H49N2O5S+. The van der Waals surface area contributed by atoms with Crippen molar-refractivity contribution in [2.45, 2.75) is 96.9 Å². The number of hydrogen-bond donors (Lipinski definition) is 2. The number of nitrogens with zero attached hydrogens (tertiary/aromatic N) is 1. The first kappa shape index (κ1) is 33.4. The van der Waals surface area contributed by atoms with Crippen LogP contribution in [0.5, 0.6) is 0 Å². The van der Waals surface area contributed by atoms with Crippen LogP contribution in [0.15, 0.2) is 66.3 Å². The zero-order chi connectivity index (χ0) is 32.6. The number of Topliss-reactive ketones (excluding diaryl/α,β-unsaturated/α-hetero) is 1. The monoisotopic (exact) mass is 633 g/mol. The molecule has 3 saturated carbocycles. The molecule has 0 aliphatic heterocycles. The van der Waals surface area contributed by atoms with Crippen LogP contribution in [0.3, 0.4) is 0 Å². The summed E-state index contributed by atoms with van der Waals surface area (Å²) in [5.74, 6) is -0.141. The number of aryl methyl sites for hydroxylation is 1. The van der Waals surface area contributed by atoms with Gasteiger partial charge in [-0.25, -0.2) is 0 Å². The third-order valence-corrected chi connectivity index (χ3v) is 12.8. The number of amides is 1. The number of nitrogens with one attached hydrogen (secondary N) is 1. The van der Waals surface area contributed by atoms with Crippen LogP contribution in [-0.2, 0) is 32.2 Å². The minimum Gasteiger partial charge on any atom is -0.461 e. The predicted molar refractivity (Wildman–Crippen MR) is 175 cm³/mol. The van der Waals surface area contributed by atoms with E-state index in [0.29, 0.717) is 19.4 Å². The number of carbonyl (C=O) groups is 3. The summed E-state index contributed by atoms with van der Waals surface area (Å²) in [7, 11) is 0. The highest BCUT2D eigenvalue weighted by Gasteiger charge is 2.68. The van der Waals surface area contributed by atoms with Crippen LogP contribution in [0.25, 0.3) is 0 Å². The van der Waals surface area contributed by atoms with E-state index in [2.05, 4.69) is 32.7 Å². The van der Waals surface area contributed by atoms with E-state index >= 15 is 0 Å². The Balaban J connectivity index is 1.24. The molecular weight excluding hydrogens is 584 g/mol. The van der Waals surface area contributed by atoms with Crippen LogP contribution < -0.4 is 9.88 Å². The van der Waals surface area contributed by atoms with Gasteiger partial charge in [0.1, 0.15) is 11.9 Å². The Kier molecular flexibility index (Phi) is 9.67. The van der Waals surface area contributed by atoms with E-state index in [1.165, 1.54) is 11.8 Å². The zero-order valence-electron chi connectivity index (χ0n) is 27.4. The fraction of sp³-hybridized carbons (Fsp3) is 0.568. The lowest BCUT2D eigenvalue weighted by atomic mass is 9.44. The third-order valence-electron chi connectivity index (χ3n) is 11.9. The lowest BCUT2D eigenvalue weighted by Gasteiger charge is -2.61. The Morgan fingerprint density at radius 2 is 1.87 bits per heavy atom. The van der Waals surface area contributed by atoms with E-state index in [-0.39, 0.29) is 53.1 Å². The van der Waals surface area contributed by atoms with Gasteiger partial charge in [-0.1, -0.05) is 58.0 Å². The van der Waals surface area contributed by atoms with Gasteiger partial charge in [-0.15, -0.1) is 18.3 Å². The summed E-state index contributed by atoms with van der Waals surface area (Å²) in [6, 6.07) is 11.8.